The minimum absolute atomic E-state index is 0.0184. The van der Waals surface area contributed by atoms with Gasteiger partial charge in [-0.1, -0.05) is 6.92 Å². The van der Waals surface area contributed by atoms with Crippen LogP contribution in [0.4, 0.5) is 13.2 Å². The first-order valence-corrected chi connectivity index (χ1v) is 5.62. The molecule has 1 heterocycles. The molecule has 1 aliphatic heterocycles. The molecule has 0 amide bonds. The van der Waals surface area contributed by atoms with Gasteiger partial charge in [-0.05, 0) is 24.1 Å². The first-order chi connectivity index (χ1) is 8.11. The molecule has 0 aromatic heterocycles. The lowest BCUT2D eigenvalue weighted by Gasteiger charge is -2.30. The van der Waals surface area contributed by atoms with Crippen LogP contribution in [-0.2, 0) is 4.74 Å². The summed E-state index contributed by atoms with van der Waals surface area (Å²) in [6.45, 7) is 3.17. The number of hydrogen-bond acceptors (Lipinski definition) is 2. The molecule has 0 radical (unpaired) electrons. The number of nitrogens with one attached hydrogen (secondary N) is 1. The van der Waals surface area contributed by atoms with Crippen LogP contribution in [0, 0.1) is 17.5 Å². The molecule has 1 fully saturated rings. The van der Waals surface area contributed by atoms with E-state index in [1.54, 1.807) is 0 Å². The molecule has 17 heavy (non-hydrogen) atoms. The summed E-state index contributed by atoms with van der Waals surface area (Å²) in [5, 5.41) is 3.12. The molecule has 0 spiro atoms. The van der Waals surface area contributed by atoms with Gasteiger partial charge < -0.3 is 10.1 Å². The average molecular weight is 245 g/mol. The van der Waals surface area contributed by atoms with E-state index in [-0.39, 0.29) is 6.10 Å². The summed E-state index contributed by atoms with van der Waals surface area (Å²) < 4.78 is 44.6. The molecule has 1 aromatic carbocycles. The molecule has 2 atom stereocenters. The zero-order valence-electron chi connectivity index (χ0n) is 9.47. The van der Waals surface area contributed by atoms with Crippen LogP contribution in [0.3, 0.4) is 0 Å². The molecule has 2 rings (SSSR count). The molecule has 0 saturated carbocycles. The summed E-state index contributed by atoms with van der Waals surface area (Å²) in [7, 11) is 0. The Kier molecular flexibility index (Phi) is 3.69. The highest BCUT2D eigenvalue weighted by molar-refractivity contribution is 5.22. The van der Waals surface area contributed by atoms with Crippen LogP contribution in [0.2, 0.25) is 0 Å². The third kappa shape index (κ3) is 2.61. The molecular weight excluding hydrogens is 231 g/mol. The van der Waals surface area contributed by atoms with E-state index in [2.05, 4.69) is 5.32 Å². The largest absolute Gasteiger partial charge is 0.368 e. The summed E-state index contributed by atoms with van der Waals surface area (Å²) in [4.78, 5) is 0. The quantitative estimate of drug-likeness (QED) is 0.808. The molecule has 2 unspecified atom stereocenters. The van der Waals surface area contributed by atoms with Gasteiger partial charge in [-0.25, -0.2) is 13.2 Å². The van der Waals surface area contributed by atoms with Crippen molar-refractivity contribution in [2.75, 3.05) is 13.1 Å². The average Bonchev–Trinajstić information content (AvgIpc) is 2.35. The molecule has 1 saturated heterocycles. The van der Waals surface area contributed by atoms with Gasteiger partial charge in [0.1, 0.15) is 0 Å². The van der Waals surface area contributed by atoms with Gasteiger partial charge in [0.15, 0.2) is 17.5 Å². The van der Waals surface area contributed by atoms with Gasteiger partial charge in [-0.15, -0.1) is 0 Å². The summed E-state index contributed by atoms with van der Waals surface area (Å²) in [5.74, 6) is -3.80. The predicted molar refractivity (Wildman–Crippen MR) is 57.1 cm³/mol. The fraction of sp³-hybridized carbons (Fsp3) is 0.500. The second-order valence-corrected chi connectivity index (χ2v) is 4.11. The maximum absolute atomic E-state index is 13.1. The number of morpholine rings is 1. The summed E-state index contributed by atoms with van der Waals surface area (Å²) in [6, 6.07) is 1.98. The smallest absolute Gasteiger partial charge is 0.194 e. The highest BCUT2D eigenvalue weighted by atomic mass is 19.2. The van der Waals surface area contributed by atoms with Gasteiger partial charge in [0.05, 0.1) is 12.2 Å². The van der Waals surface area contributed by atoms with E-state index >= 15 is 0 Å². The molecular formula is C12H14F3NO. The fourth-order valence-electron chi connectivity index (χ4n) is 1.90. The van der Waals surface area contributed by atoms with Crippen molar-refractivity contribution in [1.29, 1.82) is 0 Å². The van der Waals surface area contributed by atoms with Crippen LogP contribution < -0.4 is 5.32 Å². The van der Waals surface area contributed by atoms with Gasteiger partial charge >= 0.3 is 0 Å². The molecule has 1 aromatic rings. The SMILES string of the molecule is CCC1CNCC(c2cc(F)c(F)c(F)c2)O1. The van der Waals surface area contributed by atoms with Crippen molar-refractivity contribution >= 4 is 0 Å². The zero-order chi connectivity index (χ0) is 12.4. The summed E-state index contributed by atoms with van der Waals surface area (Å²) in [6.07, 6.45) is 0.401. The molecule has 0 aliphatic carbocycles. The second kappa shape index (κ2) is 5.06. The summed E-state index contributed by atoms with van der Waals surface area (Å²) in [5.41, 5.74) is 0.326. The number of hydrogen-bond donors (Lipinski definition) is 1. The maximum Gasteiger partial charge on any atom is 0.194 e. The van der Waals surface area contributed by atoms with E-state index in [1.807, 2.05) is 6.92 Å². The van der Waals surface area contributed by atoms with Crippen molar-refractivity contribution in [3.8, 4) is 0 Å². The van der Waals surface area contributed by atoms with E-state index < -0.39 is 23.6 Å². The van der Waals surface area contributed by atoms with Crippen LogP contribution in [-0.4, -0.2) is 19.2 Å². The maximum atomic E-state index is 13.1. The lowest BCUT2D eigenvalue weighted by atomic mass is 10.1. The van der Waals surface area contributed by atoms with Gasteiger partial charge in [0.2, 0.25) is 0 Å². The Morgan fingerprint density at radius 2 is 1.88 bits per heavy atom. The van der Waals surface area contributed by atoms with Crippen LogP contribution in [0.5, 0.6) is 0 Å². The van der Waals surface area contributed by atoms with Crippen molar-refractivity contribution < 1.29 is 17.9 Å². The zero-order valence-corrected chi connectivity index (χ0v) is 9.47. The number of halogens is 3. The van der Waals surface area contributed by atoms with Crippen LogP contribution >= 0.6 is 0 Å². The van der Waals surface area contributed by atoms with Crippen molar-refractivity contribution in [2.24, 2.45) is 0 Å². The first-order valence-electron chi connectivity index (χ1n) is 5.62. The lowest BCUT2D eigenvalue weighted by molar-refractivity contribution is -0.0402. The van der Waals surface area contributed by atoms with E-state index in [9.17, 15) is 13.2 Å². The highest BCUT2D eigenvalue weighted by Crippen LogP contribution is 2.25. The predicted octanol–water partition coefficient (Wildman–Crippen LogP) is 2.54. The van der Waals surface area contributed by atoms with Gasteiger partial charge in [0.25, 0.3) is 0 Å². The molecule has 0 bridgehead atoms. The minimum atomic E-state index is -1.44. The third-order valence-corrected chi connectivity index (χ3v) is 2.89. The lowest BCUT2D eigenvalue weighted by Crippen LogP contribution is -2.40. The van der Waals surface area contributed by atoms with Gasteiger partial charge in [0, 0.05) is 13.1 Å². The molecule has 1 N–H and O–H groups in total. The van der Waals surface area contributed by atoms with Crippen molar-refractivity contribution in [3.63, 3.8) is 0 Å². The number of rotatable bonds is 2. The topological polar surface area (TPSA) is 21.3 Å². The molecule has 5 heteroatoms. The Bertz CT molecular complexity index is 388. The van der Waals surface area contributed by atoms with Crippen LogP contribution in [0.1, 0.15) is 25.0 Å². The molecule has 1 aliphatic rings. The Balaban J connectivity index is 2.22. The Hall–Kier alpha value is -1.07. The van der Waals surface area contributed by atoms with Gasteiger partial charge in [-0.2, -0.15) is 0 Å². The normalized spacial score (nSPS) is 24.9. The van der Waals surface area contributed by atoms with E-state index in [4.69, 9.17) is 4.74 Å². The Morgan fingerprint density at radius 3 is 2.47 bits per heavy atom. The Morgan fingerprint density at radius 1 is 1.24 bits per heavy atom. The van der Waals surface area contributed by atoms with E-state index in [1.165, 1.54) is 0 Å². The van der Waals surface area contributed by atoms with Crippen molar-refractivity contribution in [3.05, 3.63) is 35.1 Å². The number of benzene rings is 1. The van der Waals surface area contributed by atoms with Crippen molar-refractivity contribution in [2.45, 2.75) is 25.6 Å². The van der Waals surface area contributed by atoms with Crippen LogP contribution in [0.15, 0.2) is 12.1 Å². The fourth-order valence-corrected chi connectivity index (χ4v) is 1.90. The first kappa shape index (κ1) is 12.4. The van der Waals surface area contributed by atoms with E-state index in [0.29, 0.717) is 12.1 Å². The van der Waals surface area contributed by atoms with Crippen molar-refractivity contribution in [1.82, 2.24) is 5.32 Å². The standard InChI is InChI=1S/C12H14F3NO/c1-2-8-5-16-6-11(17-8)7-3-9(13)12(15)10(14)4-7/h3-4,8,11,16H,2,5-6H2,1H3. The third-order valence-electron chi connectivity index (χ3n) is 2.89. The summed E-state index contributed by atoms with van der Waals surface area (Å²) >= 11 is 0. The van der Waals surface area contributed by atoms with Crippen LogP contribution in [0.25, 0.3) is 0 Å². The minimum Gasteiger partial charge on any atom is -0.368 e. The Labute approximate surface area is 97.8 Å². The van der Waals surface area contributed by atoms with E-state index in [0.717, 1.165) is 25.1 Å². The monoisotopic (exact) mass is 245 g/mol. The molecule has 94 valence electrons. The molecule has 2 nitrogen and oxygen atoms in total. The second-order valence-electron chi connectivity index (χ2n) is 4.11. The van der Waals surface area contributed by atoms with Gasteiger partial charge in [-0.3, -0.25) is 0 Å². The number of ether oxygens (including phenoxy) is 1. The highest BCUT2D eigenvalue weighted by Gasteiger charge is 2.24.